The summed E-state index contributed by atoms with van der Waals surface area (Å²) in [5.74, 6) is -1.71. The fourth-order valence-electron chi connectivity index (χ4n) is 1.38. The van der Waals surface area contributed by atoms with Gasteiger partial charge in [0.1, 0.15) is 17.6 Å². The summed E-state index contributed by atoms with van der Waals surface area (Å²) in [7, 11) is 0. The van der Waals surface area contributed by atoms with E-state index in [0.29, 0.717) is 6.42 Å². The van der Waals surface area contributed by atoms with Crippen LogP contribution in [0.15, 0.2) is 18.2 Å². The van der Waals surface area contributed by atoms with E-state index in [0.717, 1.165) is 12.5 Å². The maximum Gasteiger partial charge on any atom is 0.255 e. The molecule has 90 valence electrons. The lowest BCUT2D eigenvalue weighted by molar-refractivity contribution is 0.0940. The highest BCUT2D eigenvalue weighted by Crippen LogP contribution is 2.15. The molecule has 4 nitrogen and oxygen atoms in total. The summed E-state index contributed by atoms with van der Waals surface area (Å²) in [5.41, 5.74) is -0.181. The first-order valence-corrected chi connectivity index (χ1v) is 5.27. The van der Waals surface area contributed by atoms with E-state index in [4.69, 9.17) is 10.4 Å². The highest BCUT2D eigenvalue weighted by Gasteiger charge is 2.15. The lowest BCUT2D eigenvalue weighted by Gasteiger charge is -2.10. The Bertz CT molecular complexity index is 454. The summed E-state index contributed by atoms with van der Waals surface area (Å²) >= 11 is 0. The van der Waals surface area contributed by atoms with Crippen LogP contribution in [0.25, 0.3) is 0 Å². The molecule has 0 spiro atoms. The quantitative estimate of drug-likeness (QED) is 0.839. The Hall–Kier alpha value is -2.09. The Labute approximate surface area is 98.7 Å². The molecular weight excluding hydrogens is 223 g/mol. The molecule has 1 aromatic rings. The normalized spacial score (nSPS) is 11.6. The molecule has 0 saturated heterocycles. The zero-order valence-electron chi connectivity index (χ0n) is 9.40. The van der Waals surface area contributed by atoms with Crippen LogP contribution in [0.2, 0.25) is 0 Å². The summed E-state index contributed by atoms with van der Waals surface area (Å²) in [6.07, 6.45) is 1.26. The number of halogens is 1. The predicted molar refractivity (Wildman–Crippen MR) is 59.8 cm³/mol. The summed E-state index contributed by atoms with van der Waals surface area (Å²) in [5, 5.41) is 20.2. The molecule has 0 aliphatic rings. The lowest BCUT2D eigenvalue weighted by atomic mass is 10.1. The molecule has 0 saturated carbocycles. The Kier molecular flexibility index (Phi) is 4.46. The monoisotopic (exact) mass is 236 g/mol. The second-order valence-corrected chi connectivity index (χ2v) is 3.61. The number of carbonyl (C=O) groups excluding carboxylic acids is 1. The molecule has 0 fully saturated rings. The number of phenolic OH excluding ortho intramolecular Hbond substituents is 1. The molecule has 0 aliphatic heterocycles. The average Bonchev–Trinajstić information content (AvgIpc) is 2.28. The van der Waals surface area contributed by atoms with Crippen LogP contribution in [-0.2, 0) is 0 Å². The number of aromatic hydroxyl groups is 1. The molecule has 2 N–H and O–H groups in total. The van der Waals surface area contributed by atoms with Gasteiger partial charge in [-0.3, -0.25) is 4.79 Å². The zero-order chi connectivity index (χ0) is 12.8. The second kappa shape index (κ2) is 5.85. The van der Waals surface area contributed by atoms with Gasteiger partial charge in [-0.15, -0.1) is 0 Å². The summed E-state index contributed by atoms with van der Waals surface area (Å²) in [6, 6.07) is 4.57. The molecule has 1 rings (SSSR count). The van der Waals surface area contributed by atoms with E-state index in [9.17, 15) is 9.18 Å². The Morgan fingerprint density at radius 3 is 2.88 bits per heavy atom. The third-order valence-corrected chi connectivity index (χ3v) is 2.24. The number of phenols is 1. The number of nitriles is 1. The molecular formula is C12H13FN2O2. The molecule has 5 heteroatoms. The van der Waals surface area contributed by atoms with Crippen molar-refractivity contribution in [1.29, 1.82) is 5.26 Å². The third-order valence-electron chi connectivity index (χ3n) is 2.24. The number of rotatable bonds is 4. The van der Waals surface area contributed by atoms with Crippen molar-refractivity contribution < 1.29 is 14.3 Å². The molecule has 0 aliphatic carbocycles. The van der Waals surface area contributed by atoms with Crippen LogP contribution in [0.5, 0.6) is 5.75 Å². The van der Waals surface area contributed by atoms with Gasteiger partial charge in [-0.05, 0) is 18.6 Å². The lowest BCUT2D eigenvalue weighted by Crippen LogP contribution is -2.34. The maximum atomic E-state index is 13.3. The van der Waals surface area contributed by atoms with Crippen LogP contribution in [-0.4, -0.2) is 17.1 Å². The minimum absolute atomic E-state index is 0.181. The summed E-state index contributed by atoms with van der Waals surface area (Å²) in [6.45, 7) is 1.89. The average molecular weight is 236 g/mol. The number of nitrogens with one attached hydrogen (secondary N) is 1. The van der Waals surface area contributed by atoms with Gasteiger partial charge in [0.25, 0.3) is 5.91 Å². The SMILES string of the molecule is CCCC(C#N)NC(=O)c1ccc(O)cc1F. The van der Waals surface area contributed by atoms with E-state index in [1.807, 2.05) is 13.0 Å². The predicted octanol–water partition coefficient (Wildman–Crippen LogP) is 1.95. The van der Waals surface area contributed by atoms with Crippen molar-refractivity contribution in [2.24, 2.45) is 0 Å². The van der Waals surface area contributed by atoms with E-state index in [2.05, 4.69) is 5.32 Å². The first kappa shape index (κ1) is 13.0. The van der Waals surface area contributed by atoms with E-state index in [1.54, 1.807) is 0 Å². The fraction of sp³-hybridized carbons (Fsp3) is 0.333. The first-order valence-electron chi connectivity index (χ1n) is 5.27. The maximum absolute atomic E-state index is 13.3. The van der Waals surface area contributed by atoms with Gasteiger partial charge in [-0.2, -0.15) is 5.26 Å². The standard InChI is InChI=1S/C12H13FN2O2/c1-2-3-8(7-14)15-12(17)10-5-4-9(16)6-11(10)13/h4-6,8,16H,2-3H2,1H3,(H,15,17). The highest BCUT2D eigenvalue weighted by molar-refractivity contribution is 5.94. The first-order chi connectivity index (χ1) is 8.08. The van der Waals surface area contributed by atoms with E-state index in [1.165, 1.54) is 12.1 Å². The van der Waals surface area contributed by atoms with Crippen LogP contribution < -0.4 is 5.32 Å². The minimum Gasteiger partial charge on any atom is -0.508 e. The number of hydrogen-bond donors (Lipinski definition) is 2. The topological polar surface area (TPSA) is 73.1 Å². The largest absolute Gasteiger partial charge is 0.508 e. The molecule has 0 radical (unpaired) electrons. The van der Waals surface area contributed by atoms with Crippen molar-refractivity contribution in [3.63, 3.8) is 0 Å². The van der Waals surface area contributed by atoms with Gasteiger partial charge in [0.2, 0.25) is 0 Å². The fourth-order valence-corrected chi connectivity index (χ4v) is 1.38. The van der Waals surface area contributed by atoms with E-state index >= 15 is 0 Å². The Morgan fingerprint density at radius 1 is 1.65 bits per heavy atom. The highest BCUT2D eigenvalue weighted by atomic mass is 19.1. The van der Waals surface area contributed by atoms with Crippen molar-refractivity contribution in [3.8, 4) is 11.8 Å². The molecule has 1 unspecified atom stereocenters. The second-order valence-electron chi connectivity index (χ2n) is 3.61. The minimum atomic E-state index is -0.810. The molecule has 0 bridgehead atoms. The summed E-state index contributed by atoms with van der Waals surface area (Å²) < 4.78 is 13.3. The van der Waals surface area contributed by atoms with Gasteiger partial charge in [-0.1, -0.05) is 13.3 Å². The van der Waals surface area contributed by atoms with Crippen LogP contribution in [0.4, 0.5) is 4.39 Å². The zero-order valence-corrected chi connectivity index (χ0v) is 9.40. The smallest absolute Gasteiger partial charge is 0.255 e. The van der Waals surface area contributed by atoms with Crippen molar-refractivity contribution in [3.05, 3.63) is 29.6 Å². The van der Waals surface area contributed by atoms with Gasteiger partial charge in [-0.25, -0.2) is 4.39 Å². The molecule has 0 heterocycles. The Morgan fingerprint density at radius 2 is 2.35 bits per heavy atom. The molecule has 1 aromatic carbocycles. The van der Waals surface area contributed by atoms with Gasteiger partial charge >= 0.3 is 0 Å². The van der Waals surface area contributed by atoms with E-state index in [-0.39, 0.29) is 11.3 Å². The van der Waals surface area contributed by atoms with Crippen LogP contribution >= 0.6 is 0 Å². The van der Waals surface area contributed by atoms with Gasteiger partial charge in [0, 0.05) is 6.07 Å². The van der Waals surface area contributed by atoms with Gasteiger partial charge < -0.3 is 10.4 Å². The third kappa shape index (κ3) is 3.45. The number of nitrogens with zero attached hydrogens (tertiary/aromatic N) is 1. The Balaban J connectivity index is 2.79. The molecule has 17 heavy (non-hydrogen) atoms. The molecule has 1 atom stereocenters. The van der Waals surface area contributed by atoms with Gasteiger partial charge in [0.05, 0.1) is 11.6 Å². The van der Waals surface area contributed by atoms with Crippen molar-refractivity contribution in [2.75, 3.05) is 0 Å². The number of carbonyl (C=O) groups is 1. The molecule has 1 amide bonds. The summed E-state index contributed by atoms with van der Waals surface area (Å²) in [4.78, 5) is 11.6. The van der Waals surface area contributed by atoms with E-state index < -0.39 is 17.8 Å². The van der Waals surface area contributed by atoms with Crippen molar-refractivity contribution >= 4 is 5.91 Å². The van der Waals surface area contributed by atoms with Crippen LogP contribution in [0.3, 0.4) is 0 Å². The van der Waals surface area contributed by atoms with Crippen molar-refractivity contribution in [1.82, 2.24) is 5.32 Å². The number of benzene rings is 1. The van der Waals surface area contributed by atoms with Crippen molar-refractivity contribution in [2.45, 2.75) is 25.8 Å². The number of amides is 1. The van der Waals surface area contributed by atoms with Crippen LogP contribution in [0.1, 0.15) is 30.1 Å². The number of hydrogen-bond acceptors (Lipinski definition) is 3. The molecule has 0 aromatic heterocycles. The van der Waals surface area contributed by atoms with Gasteiger partial charge in [0.15, 0.2) is 0 Å². The van der Waals surface area contributed by atoms with Crippen LogP contribution in [0, 0.1) is 17.1 Å².